The van der Waals surface area contributed by atoms with Crippen LogP contribution in [0.3, 0.4) is 0 Å². The second-order valence-electron chi connectivity index (χ2n) is 9.57. The normalized spacial score (nSPS) is 18.5. The molecule has 0 atom stereocenters. The maximum Gasteiger partial charge on any atom is 0.267 e. The maximum atomic E-state index is 14.6. The van der Waals surface area contributed by atoms with Gasteiger partial charge < -0.3 is 9.80 Å². The van der Waals surface area contributed by atoms with E-state index in [0.29, 0.717) is 36.3 Å². The van der Waals surface area contributed by atoms with Crippen molar-refractivity contribution in [1.82, 2.24) is 20.0 Å². The van der Waals surface area contributed by atoms with Gasteiger partial charge in [-0.1, -0.05) is 25.3 Å². The number of nitrogens with zero attached hydrogens (tertiary/aromatic N) is 3. The monoisotopic (exact) mass is 454 g/mol. The average molecular weight is 455 g/mol. The van der Waals surface area contributed by atoms with Gasteiger partial charge in [-0.15, -0.1) is 0 Å². The van der Waals surface area contributed by atoms with E-state index in [1.54, 1.807) is 13.0 Å². The Labute approximate surface area is 193 Å². The first-order valence-electron chi connectivity index (χ1n) is 11.6. The predicted molar refractivity (Wildman–Crippen MR) is 123 cm³/mol. The summed E-state index contributed by atoms with van der Waals surface area (Å²) in [6.07, 6.45) is 5.76. The molecule has 1 N–H and O–H groups in total. The van der Waals surface area contributed by atoms with Crippen molar-refractivity contribution in [3.63, 3.8) is 0 Å². The van der Waals surface area contributed by atoms with Gasteiger partial charge in [0.15, 0.2) is 0 Å². The highest BCUT2D eigenvalue weighted by molar-refractivity contribution is 5.97. The molecule has 176 valence electrons. The van der Waals surface area contributed by atoms with E-state index in [1.165, 1.54) is 23.5 Å². The Morgan fingerprint density at radius 3 is 2.55 bits per heavy atom. The summed E-state index contributed by atoms with van der Waals surface area (Å²) in [5.74, 6) is -1.15. The van der Waals surface area contributed by atoms with E-state index in [4.69, 9.17) is 0 Å². The lowest BCUT2D eigenvalue weighted by molar-refractivity contribution is -0.143. The van der Waals surface area contributed by atoms with Crippen LogP contribution >= 0.6 is 0 Å². The van der Waals surface area contributed by atoms with Crippen molar-refractivity contribution in [3.8, 4) is 0 Å². The number of rotatable bonds is 4. The van der Waals surface area contributed by atoms with Crippen LogP contribution in [0.15, 0.2) is 23.0 Å². The zero-order valence-electron chi connectivity index (χ0n) is 19.5. The Balaban J connectivity index is 1.50. The number of carbonyl (C=O) groups excluding carboxylic acids is 2. The van der Waals surface area contributed by atoms with Crippen LogP contribution in [0.2, 0.25) is 0 Å². The van der Waals surface area contributed by atoms with Crippen molar-refractivity contribution >= 4 is 11.8 Å². The number of hydrogen-bond acceptors (Lipinski definition) is 4. The number of carbonyl (C=O) groups is 2. The van der Waals surface area contributed by atoms with Gasteiger partial charge in [0.05, 0.1) is 11.3 Å². The second-order valence-corrected chi connectivity index (χ2v) is 9.57. The number of benzene rings is 1. The predicted octanol–water partition coefficient (Wildman–Crippen LogP) is 3.12. The number of nitrogens with one attached hydrogen (secondary N) is 1. The van der Waals surface area contributed by atoms with Crippen molar-refractivity contribution in [2.75, 3.05) is 19.6 Å². The molecule has 33 heavy (non-hydrogen) atoms. The number of aromatic amines is 1. The number of halogens is 1. The van der Waals surface area contributed by atoms with Crippen LogP contribution in [-0.2, 0) is 11.2 Å². The third kappa shape index (κ3) is 4.56. The molecule has 1 aromatic heterocycles. The molecule has 1 saturated carbocycles. The molecule has 4 rings (SSSR count). The number of hydrogen-bond donors (Lipinski definition) is 1. The van der Waals surface area contributed by atoms with Crippen LogP contribution < -0.4 is 5.56 Å². The van der Waals surface area contributed by atoms with Crippen LogP contribution in [0, 0.1) is 19.7 Å². The molecule has 0 radical (unpaired) electrons. The first-order chi connectivity index (χ1) is 15.7. The number of piperazine rings is 1. The molecule has 1 aromatic carbocycles. The fourth-order valence-electron chi connectivity index (χ4n) is 5.06. The second kappa shape index (κ2) is 9.08. The van der Waals surface area contributed by atoms with E-state index < -0.39 is 11.7 Å². The molecule has 2 aromatic rings. The molecule has 1 aliphatic carbocycles. The van der Waals surface area contributed by atoms with Gasteiger partial charge in [-0.05, 0) is 56.9 Å². The summed E-state index contributed by atoms with van der Waals surface area (Å²) in [4.78, 5) is 41.2. The highest BCUT2D eigenvalue weighted by atomic mass is 19.1. The Morgan fingerprint density at radius 2 is 1.85 bits per heavy atom. The molecule has 2 amide bonds. The third-order valence-electron chi connectivity index (χ3n) is 7.35. The minimum atomic E-state index is -0.611. The van der Waals surface area contributed by atoms with Crippen LogP contribution in [0.4, 0.5) is 4.39 Å². The van der Waals surface area contributed by atoms with Gasteiger partial charge in [-0.25, -0.2) is 9.49 Å². The molecule has 0 spiro atoms. The summed E-state index contributed by atoms with van der Waals surface area (Å²) in [7, 11) is 0. The van der Waals surface area contributed by atoms with Gasteiger partial charge in [-0.2, -0.15) is 5.10 Å². The summed E-state index contributed by atoms with van der Waals surface area (Å²) in [6.45, 7) is 6.52. The molecular weight excluding hydrogens is 423 g/mol. The summed E-state index contributed by atoms with van der Waals surface area (Å²) in [5.41, 5.74) is 2.31. The topological polar surface area (TPSA) is 86.4 Å². The Hall–Kier alpha value is -3.03. The molecule has 7 nitrogen and oxygen atoms in total. The molecule has 8 heteroatoms. The van der Waals surface area contributed by atoms with Gasteiger partial charge in [0.2, 0.25) is 5.91 Å². The Bertz CT molecular complexity index is 1140. The van der Waals surface area contributed by atoms with Crippen molar-refractivity contribution in [1.29, 1.82) is 0 Å². The molecule has 1 saturated heterocycles. The first-order valence-corrected chi connectivity index (χ1v) is 11.6. The maximum absolute atomic E-state index is 14.6. The van der Waals surface area contributed by atoms with Gasteiger partial charge >= 0.3 is 0 Å². The fraction of sp³-hybridized carbons (Fsp3) is 0.520. The average Bonchev–Trinajstić information content (AvgIpc) is 2.80. The molecule has 2 fully saturated rings. The van der Waals surface area contributed by atoms with Crippen molar-refractivity contribution in [2.45, 2.75) is 64.8 Å². The van der Waals surface area contributed by atoms with E-state index in [2.05, 4.69) is 17.1 Å². The van der Waals surface area contributed by atoms with Gasteiger partial charge in [0.1, 0.15) is 12.4 Å². The van der Waals surface area contributed by atoms with Crippen molar-refractivity contribution in [3.05, 3.63) is 62.3 Å². The van der Waals surface area contributed by atoms with Gasteiger partial charge in [-0.3, -0.25) is 14.4 Å². The van der Waals surface area contributed by atoms with Gasteiger partial charge in [0.25, 0.3) is 11.5 Å². The lowest BCUT2D eigenvalue weighted by Gasteiger charge is -2.47. The highest BCUT2D eigenvalue weighted by Gasteiger charge is 2.40. The quantitative estimate of drug-likeness (QED) is 0.769. The third-order valence-corrected chi connectivity index (χ3v) is 7.35. The largest absolute Gasteiger partial charge is 0.334 e. The van der Waals surface area contributed by atoms with Crippen LogP contribution in [0.1, 0.15) is 71.8 Å². The molecule has 2 heterocycles. The van der Waals surface area contributed by atoms with Crippen LogP contribution in [-0.4, -0.2) is 57.0 Å². The summed E-state index contributed by atoms with van der Waals surface area (Å²) < 4.78 is 14.6. The van der Waals surface area contributed by atoms with E-state index >= 15 is 0 Å². The van der Waals surface area contributed by atoms with E-state index in [9.17, 15) is 18.8 Å². The summed E-state index contributed by atoms with van der Waals surface area (Å²) in [5, 5.41) is 6.58. The molecule has 0 unspecified atom stereocenters. The SMILES string of the molecule is Cc1c(Cc2ccc(F)c(C(=O)N3CCN(C4(C)CCCCC4)C(=O)C3)c2)n[nH]c(=O)c1C. The van der Waals surface area contributed by atoms with Gasteiger partial charge in [0, 0.05) is 30.6 Å². The summed E-state index contributed by atoms with van der Waals surface area (Å²) >= 11 is 0. The standard InChI is InChI=1S/C25H31FN4O3/c1-16-17(2)23(32)28-27-21(16)14-18-7-8-20(26)19(13-18)24(33)29-11-12-30(22(31)15-29)25(3)9-5-4-6-10-25/h7-8,13H,4-6,9-12,14-15H2,1-3H3,(H,28,32). The first kappa shape index (κ1) is 23.1. The van der Waals surface area contributed by atoms with E-state index in [-0.39, 0.29) is 29.1 Å². The van der Waals surface area contributed by atoms with Crippen LogP contribution in [0.5, 0.6) is 0 Å². The van der Waals surface area contributed by atoms with E-state index in [0.717, 1.165) is 31.2 Å². The zero-order valence-corrected chi connectivity index (χ0v) is 19.5. The lowest BCUT2D eigenvalue weighted by Crippen LogP contribution is -2.60. The van der Waals surface area contributed by atoms with Crippen LogP contribution in [0.25, 0.3) is 0 Å². The van der Waals surface area contributed by atoms with Crippen molar-refractivity contribution in [2.24, 2.45) is 0 Å². The zero-order chi connectivity index (χ0) is 23.8. The Kier molecular flexibility index (Phi) is 6.36. The van der Waals surface area contributed by atoms with Crippen molar-refractivity contribution < 1.29 is 14.0 Å². The Morgan fingerprint density at radius 1 is 1.12 bits per heavy atom. The fourth-order valence-corrected chi connectivity index (χ4v) is 5.06. The lowest BCUT2D eigenvalue weighted by atomic mass is 9.81. The minimum absolute atomic E-state index is 0.0299. The molecular formula is C25H31FN4O3. The van der Waals surface area contributed by atoms with E-state index in [1.807, 2.05) is 11.8 Å². The molecule has 2 aliphatic rings. The smallest absolute Gasteiger partial charge is 0.267 e. The highest BCUT2D eigenvalue weighted by Crippen LogP contribution is 2.34. The molecule has 1 aliphatic heterocycles. The number of H-pyrrole nitrogens is 1. The summed E-state index contributed by atoms with van der Waals surface area (Å²) in [6, 6.07) is 4.41. The number of aromatic nitrogens is 2. The minimum Gasteiger partial charge on any atom is -0.334 e. The molecule has 0 bridgehead atoms. The number of amides is 2.